The Hall–Kier alpha value is 0.320. The fraction of sp³-hybridized carbons (Fsp3) is 0.933. The zero-order chi connectivity index (χ0) is 14.8. The summed E-state index contributed by atoms with van der Waals surface area (Å²) in [4.78, 5) is 14.8. The number of nitrogens with two attached hydrogens (primary N) is 1. The lowest BCUT2D eigenvalue weighted by atomic mass is 9.74. The molecule has 1 aliphatic carbocycles. The van der Waals surface area contributed by atoms with Crippen molar-refractivity contribution in [1.82, 2.24) is 10.2 Å². The van der Waals surface area contributed by atoms with Gasteiger partial charge >= 0.3 is 0 Å². The summed E-state index contributed by atoms with van der Waals surface area (Å²) >= 11 is 1.98. The summed E-state index contributed by atoms with van der Waals surface area (Å²) in [7, 11) is 4.23. The first-order chi connectivity index (χ1) is 9.37. The molecule has 0 spiro atoms. The third kappa shape index (κ3) is 4.91. The molecule has 3 atom stereocenters. The fourth-order valence-corrected chi connectivity index (χ4v) is 4.96. The van der Waals surface area contributed by atoms with E-state index in [0.717, 1.165) is 44.4 Å². The molecule has 1 saturated heterocycles. The predicted molar refractivity (Wildman–Crippen MR) is 100 cm³/mol. The maximum absolute atomic E-state index is 12.5. The van der Waals surface area contributed by atoms with Crippen LogP contribution < -0.4 is 11.1 Å². The monoisotopic (exact) mass is 371 g/mol. The Morgan fingerprint density at radius 1 is 1.32 bits per heavy atom. The van der Waals surface area contributed by atoms with Gasteiger partial charge in [0.1, 0.15) is 0 Å². The normalized spacial score (nSPS) is 34.7. The van der Waals surface area contributed by atoms with Gasteiger partial charge in [-0.2, -0.15) is 11.8 Å². The van der Waals surface area contributed by atoms with Gasteiger partial charge in [0.2, 0.25) is 5.91 Å². The molecule has 3 unspecified atom stereocenters. The van der Waals surface area contributed by atoms with E-state index in [9.17, 15) is 4.79 Å². The Labute approximate surface area is 151 Å². The van der Waals surface area contributed by atoms with Crippen molar-refractivity contribution in [2.45, 2.75) is 50.1 Å². The number of rotatable bonds is 4. The Bertz CT molecular complexity index is 361. The topological polar surface area (TPSA) is 58.4 Å². The molecule has 0 aromatic carbocycles. The van der Waals surface area contributed by atoms with E-state index >= 15 is 0 Å². The molecule has 2 aliphatic rings. The summed E-state index contributed by atoms with van der Waals surface area (Å²) in [5, 5.41) is 3.20. The van der Waals surface area contributed by atoms with E-state index in [1.807, 2.05) is 18.7 Å². The number of nitrogens with one attached hydrogen (secondary N) is 1. The van der Waals surface area contributed by atoms with Crippen LogP contribution in [0, 0.1) is 5.92 Å². The standard InChI is InChI=1S/C15H29N3OS.2ClH/c1-14(16)7-5-4-6-12(14)13(19)17-10-15(18(2)3)8-9-20-11-15;;/h12H,4-11,16H2,1-3H3,(H,17,19);2*1H. The van der Waals surface area contributed by atoms with Gasteiger partial charge in [-0.3, -0.25) is 4.79 Å². The molecule has 0 radical (unpaired) electrons. The predicted octanol–water partition coefficient (Wildman–Crippen LogP) is 2.29. The molecule has 1 aliphatic heterocycles. The Balaban J connectivity index is 0.00000220. The van der Waals surface area contributed by atoms with Crippen LogP contribution in [0.5, 0.6) is 0 Å². The maximum Gasteiger partial charge on any atom is 0.225 e. The van der Waals surface area contributed by atoms with Crippen molar-refractivity contribution in [3.8, 4) is 0 Å². The number of hydrogen-bond acceptors (Lipinski definition) is 4. The van der Waals surface area contributed by atoms with Crippen LogP contribution in [0.25, 0.3) is 0 Å². The fourth-order valence-electron chi connectivity index (χ4n) is 3.41. The Kier molecular flexibility index (Phi) is 9.10. The van der Waals surface area contributed by atoms with Gasteiger partial charge in [0.05, 0.1) is 5.92 Å². The van der Waals surface area contributed by atoms with E-state index in [-0.39, 0.29) is 47.7 Å². The highest BCUT2D eigenvalue weighted by Gasteiger charge is 2.40. The van der Waals surface area contributed by atoms with Gasteiger partial charge in [0, 0.05) is 23.4 Å². The number of hydrogen-bond donors (Lipinski definition) is 2. The summed E-state index contributed by atoms with van der Waals surface area (Å²) in [5.74, 6) is 2.43. The second-order valence-corrected chi connectivity index (χ2v) is 8.05. The number of carbonyl (C=O) groups excluding carboxylic acids is 1. The first-order valence-corrected chi connectivity index (χ1v) is 8.85. The number of thioether (sulfide) groups is 1. The smallest absolute Gasteiger partial charge is 0.225 e. The molecule has 2 fully saturated rings. The van der Waals surface area contributed by atoms with Crippen molar-refractivity contribution >= 4 is 42.5 Å². The SMILES string of the molecule is CN(C)C1(CNC(=O)C2CCCCC2(C)N)CCSC1.Cl.Cl. The van der Waals surface area contributed by atoms with Crippen LogP contribution in [0.3, 0.4) is 0 Å². The third-order valence-corrected chi connectivity index (χ3v) is 6.43. The molecule has 1 saturated carbocycles. The van der Waals surface area contributed by atoms with Gasteiger partial charge in [0.15, 0.2) is 0 Å². The molecule has 4 nitrogen and oxygen atoms in total. The molecule has 1 heterocycles. The molecule has 1 amide bonds. The molecule has 3 N–H and O–H groups in total. The van der Waals surface area contributed by atoms with E-state index in [1.165, 1.54) is 5.75 Å². The number of nitrogens with zero attached hydrogens (tertiary/aromatic N) is 1. The van der Waals surface area contributed by atoms with Gasteiger partial charge in [-0.1, -0.05) is 12.8 Å². The number of likely N-dealkylation sites (N-methyl/N-ethyl adjacent to an activating group) is 1. The average molecular weight is 372 g/mol. The van der Waals surface area contributed by atoms with Crippen molar-refractivity contribution in [2.24, 2.45) is 11.7 Å². The highest BCUT2D eigenvalue weighted by Crippen LogP contribution is 2.33. The largest absolute Gasteiger partial charge is 0.354 e. The van der Waals surface area contributed by atoms with Crippen LogP contribution in [-0.4, -0.2) is 54.0 Å². The first-order valence-electron chi connectivity index (χ1n) is 7.69. The van der Waals surface area contributed by atoms with Crippen LogP contribution in [0.2, 0.25) is 0 Å². The van der Waals surface area contributed by atoms with Crippen LogP contribution in [-0.2, 0) is 4.79 Å². The van der Waals surface area contributed by atoms with Crippen LogP contribution in [0.1, 0.15) is 39.0 Å². The maximum atomic E-state index is 12.5. The van der Waals surface area contributed by atoms with E-state index in [2.05, 4.69) is 24.3 Å². The van der Waals surface area contributed by atoms with Gasteiger partial charge in [-0.05, 0) is 46.0 Å². The van der Waals surface area contributed by atoms with Crippen molar-refractivity contribution in [2.75, 3.05) is 32.1 Å². The van der Waals surface area contributed by atoms with E-state index in [4.69, 9.17) is 5.73 Å². The Morgan fingerprint density at radius 3 is 2.50 bits per heavy atom. The molecular weight excluding hydrogens is 341 g/mol. The van der Waals surface area contributed by atoms with E-state index in [1.54, 1.807) is 0 Å². The second-order valence-electron chi connectivity index (χ2n) is 6.94. The molecule has 0 aromatic heterocycles. The van der Waals surface area contributed by atoms with E-state index in [0.29, 0.717) is 0 Å². The minimum Gasteiger partial charge on any atom is -0.354 e. The average Bonchev–Trinajstić information content (AvgIpc) is 2.85. The summed E-state index contributed by atoms with van der Waals surface area (Å²) in [5.41, 5.74) is 6.11. The van der Waals surface area contributed by atoms with Crippen LogP contribution in [0.4, 0.5) is 0 Å². The molecule has 22 heavy (non-hydrogen) atoms. The lowest BCUT2D eigenvalue weighted by Gasteiger charge is -2.39. The van der Waals surface area contributed by atoms with Crippen molar-refractivity contribution in [3.05, 3.63) is 0 Å². The van der Waals surface area contributed by atoms with Crippen LogP contribution in [0.15, 0.2) is 0 Å². The molecule has 7 heteroatoms. The quantitative estimate of drug-likeness (QED) is 0.795. The minimum atomic E-state index is -0.335. The zero-order valence-corrected chi connectivity index (χ0v) is 16.3. The number of amides is 1. The van der Waals surface area contributed by atoms with E-state index < -0.39 is 0 Å². The molecule has 132 valence electrons. The third-order valence-electron chi connectivity index (χ3n) is 5.19. The molecule has 0 aromatic rings. The highest BCUT2D eigenvalue weighted by molar-refractivity contribution is 7.99. The van der Waals surface area contributed by atoms with Gasteiger partial charge in [0.25, 0.3) is 0 Å². The zero-order valence-electron chi connectivity index (χ0n) is 13.9. The van der Waals surface area contributed by atoms with Crippen molar-refractivity contribution in [3.63, 3.8) is 0 Å². The lowest BCUT2D eigenvalue weighted by molar-refractivity contribution is -0.128. The van der Waals surface area contributed by atoms with Crippen molar-refractivity contribution in [1.29, 1.82) is 0 Å². The van der Waals surface area contributed by atoms with Crippen molar-refractivity contribution < 1.29 is 4.79 Å². The summed E-state index contributed by atoms with van der Waals surface area (Å²) < 4.78 is 0. The Morgan fingerprint density at radius 2 is 2.00 bits per heavy atom. The molecule has 0 bridgehead atoms. The lowest BCUT2D eigenvalue weighted by Crippen LogP contribution is -2.57. The second kappa shape index (κ2) is 8.97. The summed E-state index contributed by atoms with van der Waals surface area (Å²) in [6.07, 6.45) is 5.31. The highest BCUT2D eigenvalue weighted by atomic mass is 35.5. The number of carbonyl (C=O) groups is 1. The van der Waals surface area contributed by atoms with Crippen LogP contribution >= 0.6 is 36.6 Å². The van der Waals surface area contributed by atoms with Gasteiger partial charge < -0.3 is 16.0 Å². The van der Waals surface area contributed by atoms with Gasteiger partial charge in [-0.25, -0.2) is 0 Å². The molecular formula is C15H31Cl2N3OS. The summed E-state index contributed by atoms with van der Waals surface area (Å²) in [6.45, 7) is 2.78. The summed E-state index contributed by atoms with van der Waals surface area (Å²) in [6, 6.07) is 0. The van der Waals surface area contributed by atoms with Gasteiger partial charge in [-0.15, -0.1) is 24.8 Å². The first kappa shape index (κ1) is 22.3. The number of halogens is 2. The minimum absolute atomic E-state index is 0. The molecule has 2 rings (SSSR count).